The Morgan fingerprint density at radius 2 is 1.60 bits per heavy atom. The van der Waals surface area contributed by atoms with Gasteiger partial charge in [-0.15, -0.1) is 0 Å². The second-order valence-corrected chi connectivity index (χ2v) is 5.31. The number of nitrogens with one attached hydrogen (secondary N) is 2. The Morgan fingerprint density at radius 3 is 2.16 bits per heavy atom. The van der Waals surface area contributed by atoms with E-state index in [0.717, 1.165) is 17.7 Å². The number of hydrogen-bond acceptors (Lipinski definition) is 4. The van der Waals surface area contributed by atoms with Gasteiger partial charge in [0.1, 0.15) is 17.3 Å². The number of ether oxygens (including phenoxy) is 3. The molecule has 0 aliphatic heterocycles. The molecule has 2 aromatic carbocycles. The van der Waals surface area contributed by atoms with Crippen LogP contribution in [0.5, 0.6) is 17.2 Å². The van der Waals surface area contributed by atoms with E-state index >= 15 is 0 Å². The average Bonchev–Trinajstić information content (AvgIpc) is 2.62. The molecule has 0 bridgehead atoms. The summed E-state index contributed by atoms with van der Waals surface area (Å²) in [5.74, 6) is -0.00419. The molecule has 8 heteroatoms. The molecule has 0 unspecified atom stereocenters. The number of para-hydroxylation sites is 1. The Kier molecular flexibility index (Phi) is 6.35. The third-order valence-electron chi connectivity index (χ3n) is 3.43. The molecule has 5 nitrogen and oxygen atoms in total. The van der Waals surface area contributed by atoms with Crippen LogP contribution in [-0.4, -0.2) is 26.4 Å². The zero-order valence-electron chi connectivity index (χ0n) is 14.0. The molecule has 2 N–H and O–H groups in total. The maximum absolute atomic E-state index is 13.6. The topological polar surface area (TPSA) is 51.8 Å². The fourth-order valence-corrected chi connectivity index (χ4v) is 2.43. The fraction of sp³-hybridized carbons (Fsp3) is 0.235. The largest absolute Gasteiger partial charge is 0.493 e. The molecule has 2 rings (SSSR count). The average molecular weight is 368 g/mol. The van der Waals surface area contributed by atoms with Crippen molar-refractivity contribution in [3.05, 3.63) is 47.5 Å². The van der Waals surface area contributed by atoms with Crippen molar-refractivity contribution in [2.75, 3.05) is 26.6 Å². The zero-order chi connectivity index (χ0) is 18.4. The van der Waals surface area contributed by atoms with E-state index in [9.17, 15) is 8.78 Å². The highest BCUT2D eigenvalue weighted by atomic mass is 32.1. The second-order valence-electron chi connectivity index (χ2n) is 4.90. The van der Waals surface area contributed by atoms with Crippen molar-refractivity contribution in [3.8, 4) is 17.2 Å². The molecule has 0 radical (unpaired) electrons. The van der Waals surface area contributed by atoms with Crippen LogP contribution in [0.1, 0.15) is 5.56 Å². The Bertz CT molecular complexity index is 752. The van der Waals surface area contributed by atoms with Crippen molar-refractivity contribution in [3.63, 3.8) is 0 Å². The summed E-state index contributed by atoms with van der Waals surface area (Å²) in [6, 6.07) is 7.07. The van der Waals surface area contributed by atoms with Gasteiger partial charge in [-0.1, -0.05) is 6.07 Å². The van der Waals surface area contributed by atoms with Gasteiger partial charge in [-0.05, 0) is 36.5 Å². The Labute approximate surface area is 149 Å². The highest BCUT2D eigenvalue weighted by Crippen LogP contribution is 2.39. The summed E-state index contributed by atoms with van der Waals surface area (Å²) >= 11 is 5.09. The summed E-state index contributed by atoms with van der Waals surface area (Å²) in [6.07, 6.45) is 0. The minimum Gasteiger partial charge on any atom is -0.493 e. The van der Waals surface area contributed by atoms with E-state index in [0.29, 0.717) is 17.2 Å². The fourth-order valence-electron chi connectivity index (χ4n) is 2.25. The van der Waals surface area contributed by atoms with Crippen molar-refractivity contribution in [2.45, 2.75) is 6.54 Å². The Hall–Kier alpha value is -2.61. The highest BCUT2D eigenvalue weighted by molar-refractivity contribution is 7.80. The molecule has 2 aromatic rings. The SMILES string of the molecule is COc1ccc(CNC(=S)Nc2c(F)cccc2F)c(OC)c1OC. The summed E-state index contributed by atoms with van der Waals surface area (Å²) in [6.45, 7) is 0.255. The summed E-state index contributed by atoms with van der Waals surface area (Å²) in [5, 5.41) is 5.46. The number of rotatable bonds is 6. The van der Waals surface area contributed by atoms with Crippen LogP contribution >= 0.6 is 12.2 Å². The monoisotopic (exact) mass is 368 g/mol. The second kappa shape index (κ2) is 8.48. The summed E-state index contributed by atoms with van der Waals surface area (Å²) in [5.41, 5.74) is 0.428. The molecule has 0 fully saturated rings. The van der Waals surface area contributed by atoms with Gasteiger partial charge < -0.3 is 24.8 Å². The van der Waals surface area contributed by atoms with Crippen LogP contribution in [0.25, 0.3) is 0 Å². The van der Waals surface area contributed by atoms with Crippen LogP contribution < -0.4 is 24.8 Å². The van der Waals surface area contributed by atoms with Crippen molar-refractivity contribution < 1.29 is 23.0 Å². The quantitative estimate of drug-likeness (QED) is 0.762. The molecule has 0 amide bonds. The van der Waals surface area contributed by atoms with Crippen LogP contribution in [0.15, 0.2) is 30.3 Å². The predicted octanol–water partition coefficient (Wildman–Crippen LogP) is 3.48. The number of hydrogen-bond donors (Lipinski definition) is 2. The van der Waals surface area contributed by atoms with Gasteiger partial charge in [-0.3, -0.25) is 0 Å². The van der Waals surface area contributed by atoms with E-state index in [1.807, 2.05) is 0 Å². The molecule has 134 valence electrons. The smallest absolute Gasteiger partial charge is 0.203 e. The zero-order valence-corrected chi connectivity index (χ0v) is 14.8. The molecule has 0 saturated heterocycles. The van der Waals surface area contributed by atoms with Gasteiger partial charge >= 0.3 is 0 Å². The van der Waals surface area contributed by atoms with Crippen LogP contribution in [0, 0.1) is 11.6 Å². The molecule has 0 heterocycles. The molecule has 0 aliphatic rings. The van der Waals surface area contributed by atoms with E-state index < -0.39 is 11.6 Å². The lowest BCUT2D eigenvalue weighted by molar-refractivity contribution is 0.322. The number of anilines is 1. The van der Waals surface area contributed by atoms with Gasteiger partial charge in [0, 0.05) is 12.1 Å². The van der Waals surface area contributed by atoms with Gasteiger partial charge in [0.15, 0.2) is 16.6 Å². The first kappa shape index (κ1) is 18.7. The van der Waals surface area contributed by atoms with E-state index in [2.05, 4.69) is 10.6 Å². The van der Waals surface area contributed by atoms with Gasteiger partial charge in [0.2, 0.25) is 5.75 Å². The molecule has 0 saturated carbocycles. The number of halogens is 2. The molecule has 25 heavy (non-hydrogen) atoms. The van der Waals surface area contributed by atoms with Crippen molar-refractivity contribution >= 4 is 23.0 Å². The normalized spacial score (nSPS) is 10.1. The van der Waals surface area contributed by atoms with Crippen molar-refractivity contribution in [2.24, 2.45) is 0 Å². The van der Waals surface area contributed by atoms with E-state index in [-0.39, 0.29) is 17.3 Å². The third-order valence-corrected chi connectivity index (χ3v) is 3.67. The number of benzene rings is 2. The van der Waals surface area contributed by atoms with E-state index in [1.54, 1.807) is 12.1 Å². The van der Waals surface area contributed by atoms with Gasteiger partial charge in [-0.25, -0.2) is 8.78 Å². The molecular formula is C17H18F2N2O3S. The Morgan fingerprint density at radius 1 is 0.960 bits per heavy atom. The van der Waals surface area contributed by atoms with Crippen LogP contribution in [-0.2, 0) is 6.54 Å². The first-order valence-corrected chi connectivity index (χ1v) is 7.69. The Balaban J connectivity index is 2.12. The first-order chi connectivity index (χ1) is 12.0. The third kappa shape index (κ3) is 4.27. The lowest BCUT2D eigenvalue weighted by Crippen LogP contribution is -2.29. The van der Waals surface area contributed by atoms with Gasteiger partial charge in [-0.2, -0.15) is 0 Å². The summed E-state index contributed by atoms with van der Waals surface area (Å²) < 4.78 is 43.2. The summed E-state index contributed by atoms with van der Waals surface area (Å²) in [4.78, 5) is 0. The molecule has 0 spiro atoms. The molecule has 0 aliphatic carbocycles. The number of thiocarbonyl (C=S) groups is 1. The van der Waals surface area contributed by atoms with Gasteiger partial charge in [0.05, 0.1) is 21.3 Å². The van der Waals surface area contributed by atoms with Crippen molar-refractivity contribution in [1.82, 2.24) is 5.32 Å². The molecule has 0 aromatic heterocycles. The van der Waals surface area contributed by atoms with Crippen LogP contribution in [0.4, 0.5) is 14.5 Å². The first-order valence-electron chi connectivity index (χ1n) is 7.28. The maximum atomic E-state index is 13.6. The molecular weight excluding hydrogens is 350 g/mol. The number of methoxy groups -OCH3 is 3. The van der Waals surface area contributed by atoms with E-state index in [1.165, 1.54) is 27.4 Å². The standard InChI is InChI=1S/C17H18F2N2O3S/c1-22-13-8-7-10(15(23-2)16(13)24-3)9-20-17(25)21-14-11(18)5-4-6-12(14)19/h4-8H,9H2,1-3H3,(H2,20,21,25). The maximum Gasteiger partial charge on any atom is 0.203 e. The van der Waals surface area contributed by atoms with Crippen LogP contribution in [0.2, 0.25) is 0 Å². The van der Waals surface area contributed by atoms with Crippen LogP contribution in [0.3, 0.4) is 0 Å². The minimum atomic E-state index is -0.729. The lowest BCUT2D eigenvalue weighted by atomic mass is 10.1. The molecule has 0 atom stereocenters. The highest BCUT2D eigenvalue weighted by Gasteiger charge is 2.16. The van der Waals surface area contributed by atoms with E-state index in [4.69, 9.17) is 26.4 Å². The summed E-state index contributed by atoms with van der Waals surface area (Å²) in [7, 11) is 4.54. The minimum absolute atomic E-state index is 0.0702. The van der Waals surface area contributed by atoms with Gasteiger partial charge in [0.25, 0.3) is 0 Å². The lowest BCUT2D eigenvalue weighted by Gasteiger charge is -2.17. The predicted molar refractivity (Wildman–Crippen MR) is 95.5 cm³/mol. The van der Waals surface area contributed by atoms with Crippen molar-refractivity contribution in [1.29, 1.82) is 0 Å².